The number of halogens is 1. The molecular weight excluding hydrogens is 243 g/mol. The number of nitrogens with one attached hydrogen (secondary N) is 1. The predicted molar refractivity (Wildman–Crippen MR) is 69.6 cm³/mol. The van der Waals surface area contributed by atoms with Gasteiger partial charge in [-0.15, -0.1) is 0 Å². The van der Waals surface area contributed by atoms with Gasteiger partial charge in [-0.1, -0.05) is 6.07 Å². The molecule has 98 valence electrons. The molecule has 0 bridgehead atoms. The van der Waals surface area contributed by atoms with Gasteiger partial charge in [-0.2, -0.15) is 0 Å². The van der Waals surface area contributed by atoms with Crippen molar-refractivity contribution >= 4 is 0 Å². The molecule has 3 N–H and O–H groups in total. The van der Waals surface area contributed by atoms with Gasteiger partial charge in [0.05, 0.1) is 11.7 Å². The summed E-state index contributed by atoms with van der Waals surface area (Å²) >= 11 is 0. The number of hydrogen-bond donors (Lipinski definition) is 2. The molecule has 0 fully saturated rings. The van der Waals surface area contributed by atoms with Gasteiger partial charge in [0.15, 0.2) is 0 Å². The van der Waals surface area contributed by atoms with Gasteiger partial charge in [-0.25, -0.2) is 4.39 Å². The van der Waals surface area contributed by atoms with Crippen LogP contribution < -0.4 is 11.3 Å². The highest BCUT2D eigenvalue weighted by atomic mass is 19.1. The first kappa shape index (κ1) is 12.2. The van der Waals surface area contributed by atoms with Gasteiger partial charge < -0.3 is 0 Å². The maximum atomic E-state index is 13.9. The Morgan fingerprint density at radius 3 is 2.84 bits per heavy atom. The minimum atomic E-state index is -0.350. The van der Waals surface area contributed by atoms with Crippen molar-refractivity contribution in [1.29, 1.82) is 0 Å². The van der Waals surface area contributed by atoms with Gasteiger partial charge in [0.1, 0.15) is 5.82 Å². The highest BCUT2D eigenvalue weighted by molar-refractivity contribution is 5.32. The van der Waals surface area contributed by atoms with E-state index in [1.165, 1.54) is 11.6 Å². The van der Waals surface area contributed by atoms with E-state index in [-0.39, 0.29) is 17.8 Å². The van der Waals surface area contributed by atoms with E-state index in [4.69, 9.17) is 5.84 Å². The van der Waals surface area contributed by atoms with Crippen LogP contribution in [0.25, 0.3) is 0 Å². The van der Waals surface area contributed by atoms with Crippen LogP contribution in [0.3, 0.4) is 0 Å². The minimum absolute atomic E-state index is 0.0607. The zero-order valence-corrected chi connectivity index (χ0v) is 10.4. The van der Waals surface area contributed by atoms with Crippen LogP contribution in [-0.2, 0) is 6.42 Å². The lowest BCUT2D eigenvalue weighted by Crippen LogP contribution is -2.33. The van der Waals surface area contributed by atoms with Gasteiger partial charge in [0, 0.05) is 24.0 Å². The lowest BCUT2D eigenvalue weighted by Gasteiger charge is -2.22. The average molecular weight is 258 g/mol. The molecular formula is C14H15FN4. The Hall–Kier alpha value is -1.85. The monoisotopic (exact) mass is 258 g/mol. The molecule has 3 rings (SSSR count). The maximum absolute atomic E-state index is 13.9. The fourth-order valence-electron chi connectivity index (χ4n) is 2.78. The summed E-state index contributed by atoms with van der Waals surface area (Å²) in [6, 6.07) is 6.61. The first-order valence-electron chi connectivity index (χ1n) is 6.31. The third kappa shape index (κ3) is 2.11. The maximum Gasteiger partial charge on any atom is 0.146 e. The Balaban J connectivity index is 1.99. The van der Waals surface area contributed by atoms with Crippen LogP contribution in [0, 0.1) is 5.82 Å². The van der Waals surface area contributed by atoms with E-state index < -0.39 is 0 Å². The number of nitrogens with two attached hydrogens (primary N) is 1. The van der Waals surface area contributed by atoms with Crippen molar-refractivity contribution in [2.24, 2.45) is 5.84 Å². The van der Waals surface area contributed by atoms with Gasteiger partial charge in [-0.05, 0) is 36.6 Å². The number of hydrogen-bond acceptors (Lipinski definition) is 4. The van der Waals surface area contributed by atoms with Gasteiger partial charge >= 0.3 is 0 Å². The first-order valence-corrected chi connectivity index (χ1v) is 6.31. The first-order chi connectivity index (χ1) is 9.31. The molecule has 2 heterocycles. The van der Waals surface area contributed by atoms with Crippen LogP contribution in [0.5, 0.6) is 0 Å². The quantitative estimate of drug-likeness (QED) is 0.651. The van der Waals surface area contributed by atoms with Crippen molar-refractivity contribution < 1.29 is 4.39 Å². The van der Waals surface area contributed by atoms with Gasteiger partial charge in [0.2, 0.25) is 0 Å². The van der Waals surface area contributed by atoms with E-state index in [0.717, 1.165) is 18.5 Å². The number of rotatable bonds is 3. The predicted octanol–water partition coefficient (Wildman–Crippen LogP) is 1.85. The van der Waals surface area contributed by atoms with E-state index in [1.807, 2.05) is 6.07 Å². The molecule has 0 radical (unpaired) electrons. The topological polar surface area (TPSA) is 63.8 Å². The Bertz CT molecular complexity index is 587. The molecule has 2 atom stereocenters. The molecule has 0 aliphatic heterocycles. The molecule has 0 saturated heterocycles. The Kier molecular flexibility index (Phi) is 3.23. The summed E-state index contributed by atoms with van der Waals surface area (Å²) in [5.41, 5.74) is 5.26. The highest BCUT2D eigenvalue weighted by Crippen LogP contribution is 2.39. The van der Waals surface area contributed by atoms with E-state index >= 15 is 0 Å². The number of fused-ring (bicyclic) bond motifs is 1. The fourth-order valence-corrected chi connectivity index (χ4v) is 2.78. The second-order valence-electron chi connectivity index (χ2n) is 4.71. The summed E-state index contributed by atoms with van der Waals surface area (Å²) in [6.07, 6.45) is 5.19. The standard InChI is InChI=1S/C14H15FN4/c15-11-4-2-8-18-14(11)13(19-16)10-6-5-9-3-1-7-17-12(9)10/h1-4,7-8,10,13,19H,5-6,16H2. The Morgan fingerprint density at radius 2 is 2.05 bits per heavy atom. The van der Waals surface area contributed by atoms with E-state index in [1.54, 1.807) is 18.5 Å². The fraction of sp³-hybridized carbons (Fsp3) is 0.286. The molecule has 4 nitrogen and oxygen atoms in total. The summed E-state index contributed by atoms with van der Waals surface area (Å²) in [7, 11) is 0. The zero-order chi connectivity index (χ0) is 13.2. The second-order valence-corrected chi connectivity index (χ2v) is 4.71. The van der Waals surface area contributed by atoms with Crippen LogP contribution in [0.1, 0.15) is 35.3 Å². The van der Waals surface area contributed by atoms with Crippen molar-refractivity contribution in [3.8, 4) is 0 Å². The normalized spacial score (nSPS) is 19.2. The third-order valence-electron chi connectivity index (χ3n) is 3.67. The zero-order valence-electron chi connectivity index (χ0n) is 10.4. The SMILES string of the molecule is NNC(c1ncccc1F)C1CCc2cccnc21. The van der Waals surface area contributed by atoms with E-state index in [2.05, 4.69) is 21.5 Å². The largest absolute Gasteiger partial charge is 0.271 e. The lowest BCUT2D eigenvalue weighted by molar-refractivity contribution is 0.417. The van der Waals surface area contributed by atoms with Crippen molar-refractivity contribution in [3.05, 3.63) is 59.4 Å². The number of nitrogens with zero attached hydrogens (tertiary/aromatic N) is 2. The summed E-state index contributed by atoms with van der Waals surface area (Å²) in [4.78, 5) is 8.54. The number of aryl methyl sites for hydroxylation is 1. The van der Waals surface area contributed by atoms with Crippen molar-refractivity contribution in [1.82, 2.24) is 15.4 Å². The Labute approximate surface area is 110 Å². The summed E-state index contributed by atoms with van der Waals surface area (Å²) in [6.45, 7) is 0. The summed E-state index contributed by atoms with van der Waals surface area (Å²) in [5.74, 6) is 5.35. The van der Waals surface area contributed by atoms with E-state index in [9.17, 15) is 4.39 Å². The number of aromatic nitrogens is 2. The molecule has 0 spiro atoms. The van der Waals surface area contributed by atoms with Gasteiger partial charge in [-0.3, -0.25) is 21.2 Å². The minimum Gasteiger partial charge on any atom is -0.271 e. The van der Waals surface area contributed by atoms with E-state index in [0.29, 0.717) is 5.69 Å². The molecule has 1 aliphatic rings. The van der Waals surface area contributed by atoms with Gasteiger partial charge in [0.25, 0.3) is 0 Å². The molecule has 0 aromatic carbocycles. The molecule has 2 aromatic heterocycles. The summed E-state index contributed by atoms with van der Waals surface area (Å²) in [5, 5.41) is 0. The smallest absolute Gasteiger partial charge is 0.146 e. The molecule has 5 heteroatoms. The summed E-state index contributed by atoms with van der Waals surface area (Å²) < 4.78 is 13.9. The number of pyridine rings is 2. The molecule has 19 heavy (non-hydrogen) atoms. The van der Waals surface area contributed by atoms with Crippen LogP contribution >= 0.6 is 0 Å². The molecule has 2 unspecified atom stereocenters. The number of hydrazine groups is 1. The van der Waals surface area contributed by atoms with Crippen LogP contribution in [-0.4, -0.2) is 9.97 Å². The van der Waals surface area contributed by atoms with Crippen molar-refractivity contribution in [2.45, 2.75) is 24.8 Å². The van der Waals surface area contributed by atoms with Crippen LogP contribution in [0.4, 0.5) is 4.39 Å². The molecule has 0 saturated carbocycles. The Morgan fingerprint density at radius 1 is 1.26 bits per heavy atom. The molecule has 0 amide bonds. The molecule has 1 aliphatic carbocycles. The average Bonchev–Trinajstić information content (AvgIpc) is 2.86. The lowest BCUT2D eigenvalue weighted by atomic mass is 9.94. The second kappa shape index (κ2) is 5.03. The van der Waals surface area contributed by atoms with Crippen LogP contribution in [0.2, 0.25) is 0 Å². The van der Waals surface area contributed by atoms with Crippen molar-refractivity contribution in [3.63, 3.8) is 0 Å². The third-order valence-corrected chi connectivity index (χ3v) is 3.67. The highest BCUT2D eigenvalue weighted by Gasteiger charge is 2.33. The van der Waals surface area contributed by atoms with Crippen molar-refractivity contribution in [2.75, 3.05) is 0 Å². The van der Waals surface area contributed by atoms with Crippen LogP contribution in [0.15, 0.2) is 36.7 Å². The molecule has 2 aromatic rings.